The van der Waals surface area contributed by atoms with E-state index in [0.717, 1.165) is 20.5 Å². The van der Waals surface area contributed by atoms with Crippen molar-refractivity contribution in [1.29, 1.82) is 0 Å². The monoisotopic (exact) mass is 481 g/mol. The van der Waals surface area contributed by atoms with Gasteiger partial charge in [-0.3, -0.25) is 4.79 Å². The lowest BCUT2D eigenvalue weighted by Gasteiger charge is -2.38. The molecule has 31 heavy (non-hydrogen) atoms. The number of carbonyl (C=O) groups is 1. The van der Waals surface area contributed by atoms with Crippen LogP contribution in [-0.2, 0) is 9.22 Å². The highest BCUT2D eigenvalue weighted by Gasteiger charge is 2.38. The highest BCUT2D eigenvalue weighted by Crippen LogP contribution is 2.38. The zero-order valence-electron chi connectivity index (χ0n) is 19.9. The smallest absolute Gasteiger partial charge is 0.222 e. The van der Waals surface area contributed by atoms with Gasteiger partial charge in [-0.25, -0.2) is 0 Å². The third kappa shape index (κ3) is 7.07. The van der Waals surface area contributed by atoms with E-state index in [0.29, 0.717) is 6.42 Å². The molecule has 7 heteroatoms. The van der Waals surface area contributed by atoms with Gasteiger partial charge < -0.3 is 14.5 Å². The van der Waals surface area contributed by atoms with Crippen LogP contribution in [0.5, 0.6) is 5.75 Å². The Morgan fingerprint density at radius 1 is 1.13 bits per heavy atom. The molecule has 0 unspecified atom stereocenters. The van der Waals surface area contributed by atoms with E-state index in [2.05, 4.69) is 39.2 Å². The second-order valence-corrected chi connectivity index (χ2v) is 16.1. The van der Waals surface area contributed by atoms with E-state index in [1.807, 2.05) is 50.2 Å². The van der Waals surface area contributed by atoms with Crippen LogP contribution < -0.4 is 10.1 Å². The number of hydrogen-bond donors (Lipinski definition) is 1. The summed E-state index contributed by atoms with van der Waals surface area (Å²) in [6, 6.07) is 11.8. The number of thiophene rings is 1. The molecule has 0 aliphatic heterocycles. The predicted molar refractivity (Wildman–Crippen MR) is 134 cm³/mol. The van der Waals surface area contributed by atoms with Crippen molar-refractivity contribution in [2.45, 2.75) is 77.2 Å². The number of amides is 1. The fourth-order valence-electron chi connectivity index (χ4n) is 3.38. The van der Waals surface area contributed by atoms with Crippen LogP contribution in [0.3, 0.4) is 0 Å². The summed E-state index contributed by atoms with van der Waals surface area (Å²) in [5.74, 6) is 0.809. The van der Waals surface area contributed by atoms with Crippen LogP contribution in [-0.4, -0.2) is 33.5 Å². The molecule has 0 saturated carbocycles. The molecule has 3 atom stereocenters. The van der Waals surface area contributed by atoms with E-state index >= 15 is 0 Å². The molecular formula is C24H36ClNO3SSi. The van der Waals surface area contributed by atoms with E-state index in [1.54, 1.807) is 18.4 Å². The summed E-state index contributed by atoms with van der Waals surface area (Å²) in [5.41, 5.74) is 1.11. The summed E-state index contributed by atoms with van der Waals surface area (Å²) < 4.78 is 12.4. The minimum absolute atomic E-state index is 0.000117. The maximum Gasteiger partial charge on any atom is 0.222 e. The van der Waals surface area contributed by atoms with Crippen LogP contribution in [0.25, 0.3) is 0 Å². The standard InChI is InChI=1S/C24H36ClNO3SSi/c1-16(29-31(7,8)24(3,4)5)15-22(27)26-17(2)23(20-13-14-21(25)30-20)18-9-11-19(28-6)12-10-18/h9-14,16-17,23H,15H2,1-8H3,(H,26,27)/t16-,17+,23-/m0/s1. The number of carbonyl (C=O) groups excluding carboxylic acids is 1. The first kappa shape index (κ1) is 25.9. The molecule has 0 aliphatic rings. The van der Waals surface area contributed by atoms with Crippen molar-refractivity contribution in [2.75, 3.05) is 7.11 Å². The van der Waals surface area contributed by atoms with Gasteiger partial charge >= 0.3 is 0 Å². The van der Waals surface area contributed by atoms with Crippen molar-refractivity contribution in [3.05, 3.63) is 51.2 Å². The maximum absolute atomic E-state index is 12.9. The molecule has 2 aromatic rings. The normalized spacial score (nSPS) is 15.3. The summed E-state index contributed by atoms with van der Waals surface area (Å²) in [6.07, 6.45) is 0.223. The van der Waals surface area contributed by atoms with Crippen LogP contribution >= 0.6 is 22.9 Å². The zero-order valence-corrected chi connectivity index (χ0v) is 22.5. The van der Waals surface area contributed by atoms with Crippen molar-refractivity contribution in [3.63, 3.8) is 0 Å². The lowest BCUT2D eigenvalue weighted by Crippen LogP contribution is -2.45. The lowest BCUT2D eigenvalue weighted by molar-refractivity contribution is -0.123. The number of methoxy groups -OCH3 is 1. The summed E-state index contributed by atoms with van der Waals surface area (Å²) in [6.45, 7) is 15.1. The number of halogens is 1. The third-order valence-corrected chi connectivity index (χ3v) is 12.0. The van der Waals surface area contributed by atoms with Gasteiger partial charge in [-0.05, 0) is 61.8 Å². The summed E-state index contributed by atoms with van der Waals surface area (Å²) in [4.78, 5) is 14.0. The lowest BCUT2D eigenvalue weighted by atomic mass is 9.90. The molecule has 0 radical (unpaired) electrons. The maximum atomic E-state index is 12.9. The van der Waals surface area contributed by atoms with Crippen LogP contribution in [0.4, 0.5) is 0 Å². The number of ether oxygens (including phenoxy) is 1. The Bertz CT molecular complexity index is 860. The van der Waals surface area contributed by atoms with Crippen LogP contribution in [0.15, 0.2) is 36.4 Å². The third-order valence-electron chi connectivity index (χ3n) is 6.04. The van der Waals surface area contributed by atoms with Crippen molar-refractivity contribution in [3.8, 4) is 5.75 Å². The Balaban J connectivity index is 2.12. The molecule has 1 aromatic heterocycles. The summed E-state index contributed by atoms with van der Waals surface area (Å²) in [5, 5.41) is 3.31. The first-order chi connectivity index (χ1) is 14.3. The van der Waals surface area contributed by atoms with Gasteiger partial charge in [0, 0.05) is 16.8 Å². The van der Waals surface area contributed by atoms with Crippen LogP contribution in [0.2, 0.25) is 22.5 Å². The molecule has 1 N–H and O–H groups in total. The molecule has 2 rings (SSSR count). The summed E-state index contributed by atoms with van der Waals surface area (Å²) >= 11 is 7.76. The molecule has 0 saturated heterocycles. The Labute approximate surface area is 197 Å². The van der Waals surface area contributed by atoms with Gasteiger partial charge in [-0.15, -0.1) is 11.3 Å². The molecule has 0 spiro atoms. The Hall–Kier alpha value is -1.34. The van der Waals surface area contributed by atoms with Gasteiger partial charge in [0.1, 0.15) is 5.75 Å². The van der Waals surface area contributed by atoms with Gasteiger partial charge in [0.2, 0.25) is 5.91 Å². The average molecular weight is 482 g/mol. The van der Waals surface area contributed by atoms with Gasteiger partial charge in [0.15, 0.2) is 8.32 Å². The number of nitrogens with one attached hydrogen (secondary N) is 1. The first-order valence-electron chi connectivity index (χ1n) is 10.7. The Morgan fingerprint density at radius 3 is 2.23 bits per heavy atom. The van der Waals surface area contributed by atoms with E-state index in [1.165, 1.54) is 0 Å². The second-order valence-electron chi connectivity index (χ2n) is 9.64. The van der Waals surface area contributed by atoms with E-state index in [-0.39, 0.29) is 29.0 Å². The average Bonchev–Trinajstić information content (AvgIpc) is 3.06. The fourth-order valence-corrected chi connectivity index (χ4v) is 6.12. The van der Waals surface area contributed by atoms with Crippen LogP contribution in [0.1, 0.15) is 57.4 Å². The molecule has 1 aromatic carbocycles. The van der Waals surface area contributed by atoms with Crippen LogP contribution in [0, 0.1) is 0 Å². The Kier molecular flexibility index (Phi) is 8.79. The molecule has 1 amide bonds. The molecular weight excluding hydrogens is 446 g/mol. The highest BCUT2D eigenvalue weighted by molar-refractivity contribution is 7.16. The molecule has 1 heterocycles. The molecule has 0 aliphatic carbocycles. The van der Waals surface area contributed by atoms with Crippen molar-refractivity contribution >= 4 is 37.2 Å². The quantitative estimate of drug-likeness (QED) is 0.398. The van der Waals surface area contributed by atoms with Crippen molar-refractivity contribution in [2.24, 2.45) is 0 Å². The first-order valence-corrected chi connectivity index (χ1v) is 14.8. The van der Waals surface area contributed by atoms with Crippen molar-refractivity contribution in [1.82, 2.24) is 5.32 Å². The number of rotatable bonds is 9. The SMILES string of the molecule is COc1ccc([C@@H](c2ccc(Cl)s2)[C@@H](C)NC(=O)C[C@H](C)O[Si](C)(C)C(C)(C)C)cc1. The minimum atomic E-state index is -1.91. The number of hydrogen-bond acceptors (Lipinski definition) is 4. The Morgan fingerprint density at radius 2 is 1.74 bits per heavy atom. The minimum Gasteiger partial charge on any atom is -0.497 e. The van der Waals surface area contributed by atoms with Crippen molar-refractivity contribution < 1.29 is 14.0 Å². The highest BCUT2D eigenvalue weighted by atomic mass is 35.5. The fraction of sp³-hybridized carbons (Fsp3) is 0.542. The zero-order chi connectivity index (χ0) is 23.4. The van der Waals surface area contributed by atoms with Gasteiger partial charge in [-0.2, -0.15) is 0 Å². The van der Waals surface area contributed by atoms with E-state index in [4.69, 9.17) is 20.8 Å². The van der Waals surface area contributed by atoms with E-state index in [9.17, 15) is 4.79 Å². The molecule has 0 fully saturated rings. The van der Waals surface area contributed by atoms with Gasteiger partial charge in [0.05, 0.1) is 24.0 Å². The largest absolute Gasteiger partial charge is 0.497 e. The second kappa shape index (κ2) is 10.5. The molecule has 4 nitrogen and oxygen atoms in total. The van der Waals surface area contributed by atoms with Gasteiger partial charge in [0.25, 0.3) is 0 Å². The predicted octanol–water partition coefficient (Wildman–Crippen LogP) is 6.85. The van der Waals surface area contributed by atoms with E-state index < -0.39 is 8.32 Å². The molecule has 172 valence electrons. The topological polar surface area (TPSA) is 47.6 Å². The summed E-state index contributed by atoms with van der Waals surface area (Å²) in [7, 11) is -0.259. The molecule has 0 bridgehead atoms. The number of benzene rings is 1. The van der Waals surface area contributed by atoms with Gasteiger partial charge in [-0.1, -0.05) is 44.5 Å².